The van der Waals surface area contributed by atoms with Crippen LogP contribution in [0.2, 0.25) is 0 Å². The quantitative estimate of drug-likeness (QED) is 0.890. The highest BCUT2D eigenvalue weighted by molar-refractivity contribution is 5.66. The molecule has 1 N–H and O–H groups in total. The van der Waals surface area contributed by atoms with E-state index in [0.717, 1.165) is 0 Å². The highest BCUT2D eigenvalue weighted by Crippen LogP contribution is 2.21. The van der Waals surface area contributed by atoms with E-state index in [1.807, 2.05) is 24.0 Å². The molecule has 8 heteroatoms. The molecule has 0 aliphatic carbocycles. The van der Waals surface area contributed by atoms with Gasteiger partial charge in [-0.15, -0.1) is 0 Å². The predicted octanol–water partition coefficient (Wildman–Crippen LogP) is 2.86. The number of aromatic nitrogens is 1. The summed E-state index contributed by atoms with van der Waals surface area (Å²) in [5, 5.41) is 17.9. The average molecular weight is 370 g/mol. The Hall–Kier alpha value is -3.34. The Balaban J connectivity index is 1.66. The molecule has 2 aromatic rings. The number of hydrogen-bond acceptors (Lipinski definition) is 5. The maximum absolute atomic E-state index is 13.9. The van der Waals surface area contributed by atoms with Crippen LogP contribution in [-0.4, -0.2) is 46.8 Å². The fourth-order valence-corrected chi connectivity index (χ4v) is 3.00. The predicted molar refractivity (Wildman–Crippen MR) is 96.1 cm³/mol. The van der Waals surface area contributed by atoms with Crippen molar-refractivity contribution in [1.82, 2.24) is 9.88 Å². The largest absolute Gasteiger partial charge is 0.473 e. The summed E-state index contributed by atoms with van der Waals surface area (Å²) in [5.74, 6) is 0.540. The molecular formula is C19H19FN4O3. The molecule has 7 nitrogen and oxygen atoms in total. The molecule has 1 atom stereocenters. The smallest absolute Gasteiger partial charge is 0.407 e. The molecule has 1 aliphatic rings. The number of anilines is 1. The van der Waals surface area contributed by atoms with Crippen LogP contribution in [0, 0.1) is 17.1 Å². The van der Waals surface area contributed by atoms with Crippen LogP contribution in [-0.2, 0) is 6.61 Å². The van der Waals surface area contributed by atoms with Crippen LogP contribution in [0.4, 0.5) is 15.0 Å². The Morgan fingerprint density at radius 2 is 2.22 bits per heavy atom. The van der Waals surface area contributed by atoms with Crippen LogP contribution in [0.15, 0.2) is 36.4 Å². The van der Waals surface area contributed by atoms with Crippen molar-refractivity contribution >= 4 is 11.9 Å². The number of hydrogen-bond donors (Lipinski definition) is 1. The average Bonchev–Trinajstić information content (AvgIpc) is 2.66. The lowest BCUT2D eigenvalue weighted by Gasteiger charge is -2.38. The first-order valence-corrected chi connectivity index (χ1v) is 8.51. The van der Waals surface area contributed by atoms with Gasteiger partial charge in [-0.25, -0.2) is 9.18 Å². The number of nitriles is 1. The van der Waals surface area contributed by atoms with E-state index in [-0.39, 0.29) is 18.2 Å². The van der Waals surface area contributed by atoms with E-state index in [9.17, 15) is 9.18 Å². The van der Waals surface area contributed by atoms with E-state index < -0.39 is 11.9 Å². The van der Waals surface area contributed by atoms with Gasteiger partial charge in [-0.2, -0.15) is 10.2 Å². The number of carbonyl (C=O) groups is 1. The van der Waals surface area contributed by atoms with Crippen LogP contribution in [0.3, 0.4) is 0 Å². The maximum atomic E-state index is 13.9. The van der Waals surface area contributed by atoms with Crippen molar-refractivity contribution in [2.75, 3.05) is 24.5 Å². The zero-order chi connectivity index (χ0) is 19.4. The molecule has 0 spiro atoms. The van der Waals surface area contributed by atoms with Crippen molar-refractivity contribution in [1.29, 1.82) is 5.26 Å². The fraction of sp³-hybridized carbons (Fsp3) is 0.316. The summed E-state index contributed by atoms with van der Waals surface area (Å²) in [6, 6.07) is 11.3. The molecule has 3 rings (SSSR count). The topological polar surface area (TPSA) is 89.7 Å². The second-order valence-corrected chi connectivity index (χ2v) is 6.31. The zero-order valence-electron chi connectivity index (χ0n) is 14.8. The minimum Gasteiger partial charge on any atom is -0.473 e. The maximum Gasteiger partial charge on any atom is 0.407 e. The van der Waals surface area contributed by atoms with E-state index >= 15 is 0 Å². The van der Waals surface area contributed by atoms with Crippen molar-refractivity contribution < 1.29 is 19.0 Å². The SMILES string of the molecule is CC1CN(c2cccc(OCc3ccc(C#N)cc3F)n2)CCN1C(=O)O. The Morgan fingerprint density at radius 3 is 2.89 bits per heavy atom. The first kappa shape index (κ1) is 18.5. The first-order chi connectivity index (χ1) is 13.0. The summed E-state index contributed by atoms with van der Waals surface area (Å²) in [7, 11) is 0. The minimum atomic E-state index is -0.920. The monoisotopic (exact) mass is 370 g/mol. The van der Waals surface area contributed by atoms with Crippen LogP contribution in [0.1, 0.15) is 18.1 Å². The van der Waals surface area contributed by atoms with Gasteiger partial charge >= 0.3 is 6.09 Å². The van der Waals surface area contributed by atoms with Gasteiger partial charge in [0.05, 0.1) is 11.6 Å². The highest BCUT2D eigenvalue weighted by atomic mass is 19.1. The van der Waals surface area contributed by atoms with Crippen molar-refractivity contribution in [3.05, 3.63) is 53.3 Å². The first-order valence-electron chi connectivity index (χ1n) is 8.51. The van der Waals surface area contributed by atoms with E-state index in [1.54, 1.807) is 12.1 Å². The van der Waals surface area contributed by atoms with Crippen molar-refractivity contribution in [3.63, 3.8) is 0 Å². The molecule has 1 amide bonds. The standard InChI is InChI=1S/C19H19FN4O3/c1-13-11-23(7-8-24(13)19(25)26)17-3-2-4-18(22-17)27-12-15-6-5-14(10-21)9-16(15)20/h2-6,9,13H,7-8,11-12H2,1H3,(H,25,26). The molecule has 27 heavy (non-hydrogen) atoms. The Bertz CT molecular complexity index is 883. The number of rotatable bonds is 4. The van der Waals surface area contributed by atoms with Gasteiger partial charge < -0.3 is 19.6 Å². The molecule has 1 aromatic carbocycles. The Labute approximate surface area is 156 Å². The van der Waals surface area contributed by atoms with E-state index in [0.29, 0.717) is 36.9 Å². The van der Waals surface area contributed by atoms with Crippen molar-refractivity contribution in [2.24, 2.45) is 0 Å². The molecular weight excluding hydrogens is 351 g/mol. The number of amides is 1. The molecule has 1 fully saturated rings. The molecule has 140 valence electrons. The lowest BCUT2D eigenvalue weighted by molar-refractivity contribution is 0.122. The third kappa shape index (κ3) is 4.26. The normalized spacial score (nSPS) is 16.7. The van der Waals surface area contributed by atoms with Crippen LogP contribution >= 0.6 is 0 Å². The molecule has 2 heterocycles. The molecule has 0 bridgehead atoms. The molecule has 0 radical (unpaired) electrons. The Kier molecular flexibility index (Phi) is 5.41. The number of benzene rings is 1. The summed E-state index contributed by atoms with van der Waals surface area (Å²) in [6.45, 7) is 3.33. The van der Waals surface area contributed by atoms with E-state index in [2.05, 4.69) is 4.98 Å². The summed E-state index contributed by atoms with van der Waals surface area (Å²) >= 11 is 0. The highest BCUT2D eigenvalue weighted by Gasteiger charge is 2.27. The van der Waals surface area contributed by atoms with Gasteiger partial charge in [0.15, 0.2) is 0 Å². The zero-order valence-corrected chi connectivity index (χ0v) is 14.8. The van der Waals surface area contributed by atoms with Crippen molar-refractivity contribution in [3.8, 4) is 11.9 Å². The Morgan fingerprint density at radius 1 is 1.41 bits per heavy atom. The molecule has 1 saturated heterocycles. The van der Waals surface area contributed by atoms with Gasteiger partial charge in [-0.05, 0) is 25.1 Å². The van der Waals surface area contributed by atoms with Crippen LogP contribution in [0.5, 0.6) is 5.88 Å². The molecule has 1 aromatic heterocycles. The number of halogens is 1. The lowest BCUT2D eigenvalue weighted by Crippen LogP contribution is -2.53. The molecule has 1 unspecified atom stereocenters. The van der Waals surface area contributed by atoms with Crippen LogP contribution in [0.25, 0.3) is 0 Å². The van der Waals surface area contributed by atoms with Gasteiger partial charge in [-0.1, -0.05) is 12.1 Å². The number of carboxylic acid groups (broad SMARTS) is 1. The summed E-state index contributed by atoms with van der Waals surface area (Å²) in [5.41, 5.74) is 0.593. The second kappa shape index (κ2) is 7.91. The lowest BCUT2D eigenvalue weighted by atomic mass is 10.1. The number of nitrogens with zero attached hydrogens (tertiary/aromatic N) is 4. The van der Waals surface area contributed by atoms with Gasteiger partial charge in [0.1, 0.15) is 18.2 Å². The van der Waals surface area contributed by atoms with Gasteiger partial charge in [0.2, 0.25) is 5.88 Å². The van der Waals surface area contributed by atoms with Gasteiger partial charge in [-0.3, -0.25) is 0 Å². The molecule has 1 aliphatic heterocycles. The van der Waals surface area contributed by atoms with Gasteiger partial charge in [0, 0.05) is 37.3 Å². The molecule has 0 saturated carbocycles. The third-order valence-corrected chi connectivity index (χ3v) is 4.46. The summed E-state index contributed by atoms with van der Waals surface area (Å²) in [6.07, 6.45) is -0.920. The number of piperazine rings is 1. The second-order valence-electron chi connectivity index (χ2n) is 6.31. The summed E-state index contributed by atoms with van der Waals surface area (Å²) < 4.78 is 19.5. The fourth-order valence-electron chi connectivity index (χ4n) is 3.00. The van der Waals surface area contributed by atoms with E-state index in [4.69, 9.17) is 15.1 Å². The minimum absolute atomic E-state index is 0.00279. The van der Waals surface area contributed by atoms with Crippen LogP contribution < -0.4 is 9.64 Å². The number of pyridine rings is 1. The third-order valence-electron chi connectivity index (χ3n) is 4.46. The number of ether oxygens (including phenoxy) is 1. The van der Waals surface area contributed by atoms with E-state index in [1.165, 1.54) is 23.1 Å². The van der Waals surface area contributed by atoms with Gasteiger partial charge in [0.25, 0.3) is 0 Å². The van der Waals surface area contributed by atoms with Crippen molar-refractivity contribution in [2.45, 2.75) is 19.6 Å². The summed E-state index contributed by atoms with van der Waals surface area (Å²) in [4.78, 5) is 19.0.